The number of carbonyl (C=O) groups excluding carboxylic acids is 2. The molecular formula is C16H14N2O7. The van der Waals surface area contributed by atoms with Gasteiger partial charge in [-0.25, -0.2) is 9.59 Å². The quantitative estimate of drug-likeness (QED) is 0.498. The minimum Gasteiger partial charge on any atom is -0.508 e. The topological polar surface area (TPSA) is 119 Å². The van der Waals surface area contributed by atoms with Crippen LogP contribution in [0, 0.1) is 10.1 Å². The zero-order valence-electron chi connectivity index (χ0n) is 13.3. The van der Waals surface area contributed by atoms with Gasteiger partial charge < -0.3 is 19.5 Å². The van der Waals surface area contributed by atoms with Crippen LogP contribution < -0.4 is 4.90 Å². The molecule has 0 spiro atoms. The zero-order valence-corrected chi connectivity index (χ0v) is 13.3. The fourth-order valence-electron chi connectivity index (χ4n) is 2.21. The van der Waals surface area contributed by atoms with Crippen LogP contribution in [-0.4, -0.2) is 36.2 Å². The summed E-state index contributed by atoms with van der Waals surface area (Å²) in [6, 6.07) is 3.41. The summed E-state index contributed by atoms with van der Waals surface area (Å²) in [5.41, 5.74) is -0.892. The number of anilines is 1. The largest absolute Gasteiger partial charge is 0.508 e. The number of hydrogen-bond donors (Lipinski definition) is 1. The molecule has 0 fully saturated rings. The normalized spacial score (nSPS) is 13.4. The van der Waals surface area contributed by atoms with E-state index in [0.29, 0.717) is 0 Å². The van der Waals surface area contributed by atoms with E-state index in [1.165, 1.54) is 36.6 Å². The molecule has 9 nitrogen and oxygen atoms in total. The van der Waals surface area contributed by atoms with E-state index in [1.807, 2.05) is 0 Å². The van der Waals surface area contributed by atoms with Crippen LogP contribution in [0.4, 0.5) is 11.4 Å². The van der Waals surface area contributed by atoms with Crippen molar-refractivity contribution in [3.63, 3.8) is 0 Å². The maximum absolute atomic E-state index is 12.3. The average molecular weight is 346 g/mol. The molecule has 130 valence electrons. The third-order valence-corrected chi connectivity index (χ3v) is 3.30. The van der Waals surface area contributed by atoms with Crippen molar-refractivity contribution in [1.82, 2.24) is 0 Å². The summed E-state index contributed by atoms with van der Waals surface area (Å²) in [5, 5.41) is 20.8. The van der Waals surface area contributed by atoms with E-state index >= 15 is 0 Å². The summed E-state index contributed by atoms with van der Waals surface area (Å²) in [6.07, 6.45) is 5.65. The second-order valence-corrected chi connectivity index (χ2v) is 4.75. The molecule has 1 N–H and O–H groups in total. The maximum atomic E-state index is 12.3. The molecule has 0 saturated carbocycles. The molecule has 2 rings (SSSR count). The van der Waals surface area contributed by atoms with Crippen molar-refractivity contribution < 1.29 is 29.1 Å². The van der Waals surface area contributed by atoms with Gasteiger partial charge in [0.15, 0.2) is 0 Å². The summed E-state index contributed by atoms with van der Waals surface area (Å²) < 4.78 is 9.38. The number of methoxy groups -OCH3 is 2. The van der Waals surface area contributed by atoms with E-state index in [2.05, 4.69) is 4.74 Å². The van der Waals surface area contributed by atoms with Gasteiger partial charge in [0.2, 0.25) is 0 Å². The predicted octanol–water partition coefficient (Wildman–Crippen LogP) is 1.79. The van der Waals surface area contributed by atoms with Gasteiger partial charge in [-0.15, -0.1) is 0 Å². The molecule has 1 heterocycles. The molecule has 0 saturated heterocycles. The van der Waals surface area contributed by atoms with Crippen LogP contribution in [0.15, 0.2) is 53.9 Å². The number of allylic oxidation sites excluding steroid dienone is 2. The lowest BCUT2D eigenvalue weighted by molar-refractivity contribution is -0.384. The number of nitrogens with zero attached hydrogens (tertiary/aromatic N) is 2. The van der Waals surface area contributed by atoms with E-state index < -0.39 is 22.5 Å². The van der Waals surface area contributed by atoms with Crippen LogP contribution >= 0.6 is 0 Å². The van der Waals surface area contributed by atoms with Crippen LogP contribution in [0.25, 0.3) is 0 Å². The fourth-order valence-corrected chi connectivity index (χ4v) is 2.21. The second-order valence-electron chi connectivity index (χ2n) is 4.75. The summed E-state index contributed by atoms with van der Waals surface area (Å²) in [5.74, 6) is -2.02. The molecule has 9 heteroatoms. The van der Waals surface area contributed by atoms with Gasteiger partial charge >= 0.3 is 11.9 Å². The van der Waals surface area contributed by atoms with Crippen molar-refractivity contribution in [3.8, 4) is 5.75 Å². The Labute approximate surface area is 142 Å². The minimum atomic E-state index is -0.890. The Bertz CT molecular complexity index is 824. The number of hydrogen-bond acceptors (Lipinski definition) is 8. The Morgan fingerprint density at radius 3 is 2.44 bits per heavy atom. The molecule has 1 aliphatic heterocycles. The summed E-state index contributed by atoms with van der Waals surface area (Å²) in [6.45, 7) is 0. The lowest BCUT2D eigenvalue weighted by Crippen LogP contribution is -2.27. The Kier molecular flexibility index (Phi) is 5.18. The van der Waals surface area contributed by atoms with Crippen LogP contribution in [0.5, 0.6) is 5.75 Å². The van der Waals surface area contributed by atoms with Gasteiger partial charge in [-0.2, -0.15) is 0 Å². The number of benzene rings is 1. The smallest absolute Gasteiger partial charge is 0.355 e. The maximum Gasteiger partial charge on any atom is 0.355 e. The molecule has 0 atom stereocenters. The third-order valence-electron chi connectivity index (χ3n) is 3.30. The lowest BCUT2D eigenvalue weighted by atomic mass is 10.1. The van der Waals surface area contributed by atoms with Crippen molar-refractivity contribution in [2.45, 2.75) is 0 Å². The molecule has 0 radical (unpaired) electrons. The molecule has 1 aromatic rings. The highest BCUT2D eigenvalue weighted by Crippen LogP contribution is 2.35. The number of phenols is 1. The standard InChI is InChI=1S/C16H14N2O7/c1-24-15(20)11-5-3-4-8-17(14(11)16(21)25-2)12-7-6-10(19)9-13(12)18(22)23/h3-9,19H,1-2H3. The Balaban J connectivity index is 2.76. The van der Waals surface area contributed by atoms with Gasteiger partial charge in [0, 0.05) is 6.20 Å². The zero-order chi connectivity index (χ0) is 18.6. The first-order valence-electron chi connectivity index (χ1n) is 6.93. The van der Waals surface area contributed by atoms with E-state index in [0.717, 1.165) is 25.2 Å². The number of esters is 2. The number of ether oxygens (including phenoxy) is 2. The van der Waals surface area contributed by atoms with Gasteiger partial charge in [0.1, 0.15) is 17.1 Å². The van der Waals surface area contributed by atoms with E-state index in [1.54, 1.807) is 0 Å². The number of phenolic OH excluding ortho intramolecular Hbond substituents is 1. The molecule has 0 bridgehead atoms. The fraction of sp³-hybridized carbons (Fsp3) is 0.125. The second kappa shape index (κ2) is 7.30. The molecule has 0 aromatic heterocycles. The first-order chi connectivity index (χ1) is 11.9. The van der Waals surface area contributed by atoms with Crippen LogP contribution in [0.1, 0.15) is 0 Å². The van der Waals surface area contributed by atoms with Gasteiger partial charge in [0.25, 0.3) is 5.69 Å². The monoisotopic (exact) mass is 346 g/mol. The highest BCUT2D eigenvalue weighted by Gasteiger charge is 2.31. The summed E-state index contributed by atoms with van der Waals surface area (Å²) in [7, 11) is 2.26. The Morgan fingerprint density at radius 2 is 1.84 bits per heavy atom. The SMILES string of the molecule is COC(=O)C1=C(C(=O)OC)N(c2ccc(O)cc2[N+](=O)[O-])C=CC=C1. The third kappa shape index (κ3) is 3.50. The Hall–Kier alpha value is -3.62. The van der Waals surface area contributed by atoms with Crippen molar-refractivity contribution in [2.75, 3.05) is 19.1 Å². The lowest BCUT2D eigenvalue weighted by Gasteiger charge is -2.22. The molecule has 1 aliphatic rings. The first-order valence-corrected chi connectivity index (χ1v) is 6.93. The molecule has 1 aromatic carbocycles. The molecule has 0 amide bonds. The van der Waals surface area contributed by atoms with Crippen molar-refractivity contribution in [3.05, 3.63) is 64.0 Å². The highest BCUT2D eigenvalue weighted by atomic mass is 16.6. The summed E-state index contributed by atoms with van der Waals surface area (Å²) in [4.78, 5) is 36.0. The van der Waals surface area contributed by atoms with E-state index in [4.69, 9.17) is 4.74 Å². The van der Waals surface area contributed by atoms with Gasteiger partial charge in [0.05, 0.1) is 30.8 Å². The van der Waals surface area contributed by atoms with Gasteiger partial charge in [-0.3, -0.25) is 10.1 Å². The Morgan fingerprint density at radius 1 is 1.16 bits per heavy atom. The number of carbonyl (C=O) groups is 2. The first kappa shape index (κ1) is 17.7. The predicted molar refractivity (Wildman–Crippen MR) is 86.6 cm³/mol. The number of nitro benzene ring substituents is 1. The molecule has 0 unspecified atom stereocenters. The van der Waals surface area contributed by atoms with Gasteiger partial charge in [-0.05, 0) is 24.3 Å². The average Bonchev–Trinajstić information content (AvgIpc) is 2.83. The van der Waals surface area contributed by atoms with Crippen LogP contribution in [-0.2, 0) is 19.1 Å². The molecule has 0 aliphatic carbocycles. The van der Waals surface area contributed by atoms with E-state index in [-0.39, 0.29) is 22.7 Å². The van der Waals surface area contributed by atoms with Gasteiger partial charge in [-0.1, -0.05) is 6.08 Å². The molecular weight excluding hydrogens is 332 g/mol. The van der Waals surface area contributed by atoms with E-state index in [9.17, 15) is 24.8 Å². The van der Waals surface area contributed by atoms with Crippen molar-refractivity contribution >= 4 is 23.3 Å². The van der Waals surface area contributed by atoms with Crippen LogP contribution in [0.2, 0.25) is 0 Å². The minimum absolute atomic E-state index is 0.0375. The highest BCUT2D eigenvalue weighted by molar-refractivity contribution is 6.05. The van der Waals surface area contributed by atoms with Crippen molar-refractivity contribution in [1.29, 1.82) is 0 Å². The van der Waals surface area contributed by atoms with Crippen molar-refractivity contribution in [2.24, 2.45) is 0 Å². The number of aromatic hydroxyl groups is 1. The van der Waals surface area contributed by atoms with Crippen LogP contribution in [0.3, 0.4) is 0 Å². The molecule has 25 heavy (non-hydrogen) atoms. The summed E-state index contributed by atoms with van der Waals surface area (Å²) >= 11 is 0. The number of rotatable bonds is 4. The number of nitro groups is 1.